The molecule has 0 amide bonds. The Labute approximate surface area is 120 Å². The second kappa shape index (κ2) is 4.81. The molecule has 0 unspecified atom stereocenters. The highest BCUT2D eigenvalue weighted by Gasteiger charge is 2.25. The van der Waals surface area contributed by atoms with Crippen molar-refractivity contribution < 1.29 is 5.11 Å². The minimum Gasteiger partial charge on any atom is -0.494 e. The number of piperidine rings is 1. The molecule has 1 aromatic heterocycles. The molecular formula is C17H24N2O. The Bertz CT molecular complexity index is 664. The first kappa shape index (κ1) is 13.5. The van der Waals surface area contributed by atoms with Crippen LogP contribution in [0.4, 0.5) is 0 Å². The minimum absolute atomic E-state index is 0.378. The number of rotatable bonds is 1. The van der Waals surface area contributed by atoms with E-state index < -0.39 is 0 Å². The molecule has 0 radical (unpaired) electrons. The highest BCUT2D eigenvalue weighted by atomic mass is 16.3. The molecule has 0 atom stereocenters. The third-order valence-corrected chi connectivity index (χ3v) is 5.20. The topological polar surface area (TPSA) is 48.0 Å². The molecule has 0 aliphatic carbocycles. The zero-order chi connectivity index (χ0) is 14.4. The largest absolute Gasteiger partial charge is 0.494 e. The van der Waals surface area contributed by atoms with E-state index in [4.69, 9.17) is 0 Å². The van der Waals surface area contributed by atoms with E-state index in [1.165, 1.54) is 27.6 Å². The maximum atomic E-state index is 10.4. The van der Waals surface area contributed by atoms with E-state index in [9.17, 15) is 5.11 Å². The van der Waals surface area contributed by atoms with E-state index in [-0.39, 0.29) is 0 Å². The van der Waals surface area contributed by atoms with Crippen LogP contribution in [0.25, 0.3) is 10.9 Å². The van der Waals surface area contributed by atoms with Crippen molar-refractivity contribution in [2.75, 3.05) is 13.1 Å². The van der Waals surface area contributed by atoms with Gasteiger partial charge in [-0.05, 0) is 81.8 Å². The molecule has 1 aromatic carbocycles. The molecule has 3 rings (SSSR count). The SMILES string of the molecule is Cc1c(C)c(C)c2c(C3CCNCC3)c(O)[nH]c2c1C. The van der Waals surface area contributed by atoms with Crippen LogP contribution in [0.3, 0.4) is 0 Å². The maximum absolute atomic E-state index is 10.4. The molecule has 20 heavy (non-hydrogen) atoms. The zero-order valence-corrected chi connectivity index (χ0v) is 12.9. The molecule has 2 aromatic rings. The Kier molecular flexibility index (Phi) is 3.25. The number of benzene rings is 1. The van der Waals surface area contributed by atoms with Crippen LogP contribution in [-0.2, 0) is 0 Å². The summed E-state index contributed by atoms with van der Waals surface area (Å²) in [6.07, 6.45) is 2.21. The van der Waals surface area contributed by atoms with Crippen molar-refractivity contribution in [2.45, 2.75) is 46.5 Å². The molecule has 0 spiro atoms. The minimum atomic E-state index is 0.378. The van der Waals surface area contributed by atoms with Crippen molar-refractivity contribution in [1.82, 2.24) is 10.3 Å². The van der Waals surface area contributed by atoms with E-state index in [1.807, 2.05) is 0 Å². The van der Waals surface area contributed by atoms with Crippen molar-refractivity contribution in [3.63, 3.8) is 0 Å². The molecule has 1 aliphatic rings. The van der Waals surface area contributed by atoms with Gasteiger partial charge in [-0.3, -0.25) is 0 Å². The number of fused-ring (bicyclic) bond motifs is 1. The fourth-order valence-corrected chi connectivity index (χ4v) is 3.62. The summed E-state index contributed by atoms with van der Waals surface area (Å²) in [5, 5.41) is 15.1. The normalized spacial score (nSPS) is 17.0. The molecule has 3 heteroatoms. The van der Waals surface area contributed by atoms with Gasteiger partial charge in [0.2, 0.25) is 0 Å². The average molecular weight is 272 g/mol. The maximum Gasteiger partial charge on any atom is 0.192 e. The van der Waals surface area contributed by atoms with E-state index in [0.717, 1.165) is 37.0 Å². The van der Waals surface area contributed by atoms with Crippen LogP contribution in [0, 0.1) is 27.7 Å². The summed E-state index contributed by atoms with van der Waals surface area (Å²) < 4.78 is 0. The van der Waals surface area contributed by atoms with Crippen molar-refractivity contribution >= 4 is 10.9 Å². The Morgan fingerprint density at radius 1 is 0.900 bits per heavy atom. The lowest BCUT2D eigenvalue weighted by Gasteiger charge is -2.23. The second-order valence-corrected chi connectivity index (χ2v) is 6.16. The van der Waals surface area contributed by atoms with Crippen LogP contribution in [0.1, 0.15) is 46.6 Å². The molecule has 2 heterocycles. The molecule has 1 saturated heterocycles. The van der Waals surface area contributed by atoms with Crippen molar-refractivity contribution in [2.24, 2.45) is 0 Å². The Balaban J connectivity index is 2.29. The second-order valence-electron chi connectivity index (χ2n) is 6.16. The quantitative estimate of drug-likeness (QED) is 0.743. The van der Waals surface area contributed by atoms with Gasteiger partial charge in [-0.25, -0.2) is 0 Å². The summed E-state index contributed by atoms with van der Waals surface area (Å²) in [6, 6.07) is 0. The Morgan fingerprint density at radius 2 is 1.50 bits per heavy atom. The number of aromatic hydroxyl groups is 1. The number of aryl methyl sites for hydroxylation is 2. The van der Waals surface area contributed by atoms with Gasteiger partial charge in [-0.15, -0.1) is 0 Å². The molecule has 0 bridgehead atoms. The average Bonchev–Trinajstić information content (AvgIpc) is 2.81. The van der Waals surface area contributed by atoms with E-state index in [2.05, 4.69) is 38.0 Å². The summed E-state index contributed by atoms with van der Waals surface area (Å²) in [5.74, 6) is 0.841. The monoisotopic (exact) mass is 272 g/mol. The lowest BCUT2D eigenvalue weighted by molar-refractivity contribution is 0.418. The van der Waals surface area contributed by atoms with Gasteiger partial charge in [0.1, 0.15) is 0 Å². The van der Waals surface area contributed by atoms with Gasteiger partial charge in [0.05, 0.1) is 5.52 Å². The van der Waals surface area contributed by atoms with Gasteiger partial charge >= 0.3 is 0 Å². The standard InChI is InChI=1S/C17H24N2O/c1-9-10(2)12(4)16-14(11(9)3)15(17(20)19-16)13-5-7-18-8-6-13/h13,18-20H,5-8H2,1-4H3. The zero-order valence-electron chi connectivity index (χ0n) is 12.9. The smallest absolute Gasteiger partial charge is 0.192 e. The molecule has 1 aliphatic heterocycles. The number of nitrogens with one attached hydrogen (secondary N) is 2. The summed E-state index contributed by atoms with van der Waals surface area (Å²) in [4.78, 5) is 3.24. The molecule has 3 nitrogen and oxygen atoms in total. The fourth-order valence-electron chi connectivity index (χ4n) is 3.62. The summed E-state index contributed by atoms with van der Waals surface area (Å²) in [7, 11) is 0. The van der Waals surface area contributed by atoms with Crippen molar-refractivity contribution in [3.8, 4) is 5.88 Å². The predicted octanol–water partition coefficient (Wildman–Crippen LogP) is 3.57. The molecule has 3 N–H and O–H groups in total. The number of hydrogen-bond acceptors (Lipinski definition) is 2. The van der Waals surface area contributed by atoms with Gasteiger partial charge in [0.15, 0.2) is 5.88 Å². The molecule has 1 fully saturated rings. The van der Waals surface area contributed by atoms with Crippen LogP contribution < -0.4 is 5.32 Å². The third-order valence-electron chi connectivity index (χ3n) is 5.20. The van der Waals surface area contributed by atoms with E-state index in [0.29, 0.717) is 11.8 Å². The summed E-state index contributed by atoms with van der Waals surface area (Å²) in [6.45, 7) is 10.8. The summed E-state index contributed by atoms with van der Waals surface area (Å²) in [5.41, 5.74) is 7.52. The van der Waals surface area contributed by atoms with E-state index >= 15 is 0 Å². The Hall–Kier alpha value is -1.48. The lowest BCUT2D eigenvalue weighted by Crippen LogP contribution is -2.26. The summed E-state index contributed by atoms with van der Waals surface area (Å²) >= 11 is 0. The van der Waals surface area contributed by atoms with Crippen LogP contribution in [0.15, 0.2) is 0 Å². The number of aromatic amines is 1. The van der Waals surface area contributed by atoms with Crippen molar-refractivity contribution in [1.29, 1.82) is 0 Å². The van der Waals surface area contributed by atoms with Crippen LogP contribution >= 0.6 is 0 Å². The van der Waals surface area contributed by atoms with Gasteiger partial charge in [-0.1, -0.05) is 0 Å². The number of hydrogen-bond donors (Lipinski definition) is 3. The highest BCUT2D eigenvalue weighted by Crippen LogP contribution is 2.42. The van der Waals surface area contributed by atoms with Crippen LogP contribution in [0.5, 0.6) is 5.88 Å². The molecular weight excluding hydrogens is 248 g/mol. The Morgan fingerprint density at radius 3 is 2.15 bits per heavy atom. The van der Waals surface area contributed by atoms with Gasteiger partial charge in [0, 0.05) is 10.9 Å². The first-order valence-electron chi connectivity index (χ1n) is 7.54. The first-order valence-corrected chi connectivity index (χ1v) is 7.54. The first-order chi connectivity index (χ1) is 9.52. The van der Waals surface area contributed by atoms with E-state index in [1.54, 1.807) is 0 Å². The lowest BCUT2D eigenvalue weighted by atomic mass is 9.86. The van der Waals surface area contributed by atoms with Crippen LogP contribution in [-0.4, -0.2) is 23.2 Å². The van der Waals surface area contributed by atoms with Gasteiger partial charge in [-0.2, -0.15) is 0 Å². The molecule has 0 saturated carbocycles. The van der Waals surface area contributed by atoms with Gasteiger partial charge < -0.3 is 15.4 Å². The van der Waals surface area contributed by atoms with Gasteiger partial charge in [0.25, 0.3) is 0 Å². The highest BCUT2D eigenvalue weighted by molar-refractivity contribution is 5.93. The number of aromatic nitrogens is 1. The third kappa shape index (κ3) is 1.84. The van der Waals surface area contributed by atoms with Crippen molar-refractivity contribution in [3.05, 3.63) is 27.8 Å². The van der Waals surface area contributed by atoms with Crippen LogP contribution in [0.2, 0.25) is 0 Å². The molecule has 108 valence electrons. The predicted molar refractivity (Wildman–Crippen MR) is 83.8 cm³/mol. The number of H-pyrrole nitrogens is 1. The fraction of sp³-hybridized carbons (Fsp3) is 0.529.